The lowest BCUT2D eigenvalue weighted by atomic mass is 9.66. The van der Waals surface area contributed by atoms with Crippen molar-refractivity contribution in [2.75, 3.05) is 26.3 Å². The van der Waals surface area contributed by atoms with E-state index < -0.39 is 16.6 Å². The normalized spacial score (nSPS) is 31.2. The highest BCUT2D eigenvalue weighted by atomic mass is 16.6. The molecule has 0 saturated carbocycles. The Hall–Kier alpha value is -0.650. The van der Waals surface area contributed by atoms with Crippen molar-refractivity contribution in [2.45, 2.75) is 51.2 Å². The van der Waals surface area contributed by atoms with E-state index in [1.807, 2.05) is 20.8 Å². The molecule has 2 fully saturated rings. The van der Waals surface area contributed by atoms with Crippen molar-refractivity contribution in [3.05, 3.63) is 0 Å². The van der Waals surface area contributed by atoms with Gasteiger partial charge in [-0.3, -0.25) is 4.79 Å². The van der Waals surface area contributed by atoms with E-state index in [4.69, 9.17) is 9.47 Å². The first-order valence-corrected chi connectivity index (χ1v) is 7.03. The van der Waals surface area contributed by atoms with Crippen molar-refractivity contribution >= 4 is 5.97 Å². The number of carbonyl (C=O) groups is 1. The smallest absolute Gasteiger partial charge is 0.315 e. The maximum Gasteiger partial charge on any atom is 0.315 e. The third kappa shape index (κ3) is 2.78. The van der Waals surface area contributed by atoms with Crippen LogP contribution in [0.4, 0.5) is 0 Å². The molecule has 0 bridgehead atoms. The van der Waals surface area contributed by atoms with E-state index >= 15 is 0 Å². The second kappa shape index (κ2) is 5.04. The van der Waals surface area contributed by atoms with Gasteiger partial charge in [0.2, 0.25) is 0 Å². The number of aliphatic hydroxyl groups is 1. The summed E-state index contributed by atoms with van der Waals surface area (Å²) in [7, 11) is 0. The van der Waals surface area contributed by atoms with Gasteiger partial charge in [-0.05, 0) is 46.6 Å². The van der Waals surface area contributed by atoms with Gasteiger partial charge in [0, 0.05) is 19.8 Å². The van der Waals surface area contributed by atoms with E-state index in [-0.39, 0.29) is 5.97 Å². The molecule has 2 heterocycles. The lowest BCUT2D eigenvalue weighted by Crippen LogP contribution is -2.58. The minimum Gasteiger partial charge on any atom is -0.459 e. The zero-order valence-corrected chi connectivity index (χ0v) is 12.1. The van der Waals surface area contributed by atoms with E-state index in [1.165, 1.54) is 0 Å². The molecule has 5 heteroatoms. The molecular weight excluding hydrogens is 246 g/mol. The summed E-state index contributed by atoms with van der Waals surface area (Å²) in [5, 5.41) is 14.1. The maximum atomic E-state index is 12.7. The van der Waals surface area contributed by atoms with Crippen LogP contribution < -0.4 is 5.32 Å². The topological polar surface area (TPSA) is 67.8 Å². The summed E-state index contributed by atoms with van der Waals surface area (Å²) < 4.78 is 10.9. The minimum absolute atomic E-state index is 0.283. The van der Waals surface area contributed by atoms with E-state index in [0.29, 0.717) is 39.0 Å². The van der Waals surface area contributed by atoms with E-state index in [0.717, 1.165) is 6.54 Å². The average Bonchev–Trinajstić information content (AvgIpc) is 2.76. The summed E-state index contributed by atoms with van der Waals surface area (Å²) in [4.78, 5) is 12.7. The quantitative estimate of drug-likeness (QED) is 0.729. The van der Waals surface area contributed by atoms with Gasteiger partial charge >= 0.3 is 5.97 Å². The monoisotopic (exact) mass is 271 g/mol. The predicted molar refractivity (Wildman–Crippen MR) is 70.8 cm³/mol. The van der Waals surface area contributed by atoms with Gasteiger partial charge in [-0.1, -0.05) is 0 Å². The van der Waals surface area contributed by atoms with E-state index in [9.17, 15) is 9.90 Å². The molecule has 2 aliphatic rings. The number of esters is 1. The van der Waals surface area contributed by atoms with Gasteiger partial charge in [-0.2, -0.15) is 0 Å². The zero-order chi connectivity index (χ0) is 14.1. The van der Waals surface area contributed by atoms with Gasteiger partial charge < -0.3 is 19.9 Å². The number of hydrogen-bond acceptors (Lipinski definition) is 5. The number of rotatable bonds is 2. The largest absolute Gasteiger partial charge is 0.459 e. The first-order chi connectivity index (χ1) is 8.79. The molecule has 0 amide bonds. The van der Waals surface area contributed by atoms with Gasteiger partial charge in [0.05, 0.1) is 5.60 Å². The van der Waals surface area contributed by atoms with Crippen molar-refractivity contribution in [1.29, 1.82) is 0 Å². The third-order valence-corrected chi connectivity index (χ3v) is 4.16. The maximum absolute atomic E-state index is 12.7. The Balaban J connectivity index is 2.26. The fraction of sp³-hybridized carbons (Fsp3) is 0.929. The summed E-state index contributed by atoms with van der Waals surface area (Å²) in [5.74, 6) is -0.283. The second-order valence-electron chi connectivity index (χ2n) is 6.65. The van der Waals surface area contributed by atoms with Crippen LogP contribution >= 0.6 is 0 Å². The van der Waals surface area contributed by atoms with Crippen molar-refractivity contribution in [3.63, 3.8) is 0 Å². The lowest BCUT2D eigenvalue weighted by molar-refractivity contribution is -0.196. The van der Waals surface area contributed by atoms with Gasteiger partial charge in [-0.15, -0.1) is 0 Å². The Labute approximate surface area is 114 Å². The zero-order valence-electron chi connectivity index (χ0n) is 12.1. The highest BCUT2D eigenvalue weighted by Crippen LogP contribution is 2.46. The van der Waals surface area contributed by atoms with Crippen LogP contribution in [-0.4, -0.2) is 48.6 Å². The summed E-state index contributed by atoms with van der Waals surface area (Å²) in [6.07, 6.45) is 1.65. The fourth-order valence-corrected chi connectivity index (χ4v) is 3.04. The fourth-order valence-electron chi connectivity index (χ4n) is 3.04. The van der Waals surface area contributed by atoms with Crippen LogP contribution in [0.15, 0.2) is 0 Å². The SMILES string of the molecule is CC(C)(C)OC(=O)C1(C2(O)CCNC2)CCOCC1. The van der Waals surface area contributed by atoms with E-state index in [1.54, 1.807) is 0 Å². The average molecular weight is 271 g/mol. The Morgan fingerprint density at radius 1 is 1.26 bits per heavy atom. The Bertz CT molecular complexity index is 336. The number of β-amino-alcohol motifs (C(OH)–C–C–N with tert-alkyl or cyclic N) is 1. The molecule has 0 aromatic carbocycles. The van der Waals surface area contributed by atoms with Crippen molar-refractivity contribution in [2.24, 2.45) is 5.41 Å². The Morgan fingerprint density at radius 3 is 2.37 bits per heavy atom. The third-order valence-electron chi connectivity index (χ3n) is 4.16. The molecule has 0 aromatic heterocycles. The van der Waals surface area contributed by atoms with Gasteiger partial charge in [0.15, 0.2) is 0 Å². The molecule has 2 N–H and O–H groups in total. The van der Waals surface area contributed by atoms with Crippen LogP contribution in [0.2, 0.25) is 0 Å². The van der Waals surface area contributed by atoms with Gasteiger partial charge in [0.25, 0.3) is 0 Å². The molecule has 19 heavy (non-hydrogen) atoms. The van der Waals surface area contributed by atoms with Crippen LogP contribution in [0.5, 0.6) is 0 Å². The second-order valence-corrected chi connectivity index (χ2v) is 6.65. The minimum atomic E-state index is -1.01. The molecule has 1 unspecified atom stereocenters. The van der Waals surface area contributed by atoms with Crippen molar-refractivity contribution in [1.82, 2.24) is 5.32 Å². The molecule has 2 saturated heterocycles. The van der Waals surface area contributed by atoms with Crippen LogP contribution in [0.3, 0.4) is 0 Å². The molecule has 5 nitrogen and oxygen atoms in total. The van der Waals surface area contributed by atoms with Gasteiger partial charge in [0.1, 0.15) is 11.0 Å². The van der Waals surface area contributed by atoms with Crippen molar-refractivity contribution in [3.8, 4) is 0 Å². The molecule has 0 radical (unpaired) electrons. The summed E-state index contributed by atoms with van der Waals surface area (Å²) in [6, 6.07) is 0. The highest BCUT2D eigenvalue weighted by Gasteiger charge is 2.58. The summed E-state index contributed by atoms with van der Waals surface area (Å²) in [5.41, 5.74) is -2.38. The Kier molecular flexibility index (Phi) is 3.91. The van der Waals surface area contributed by atoms with Crippen LogP contribution in [0.1, 0.15) is 40.0 Å². The number of carbonyl (C=O) groups excluding carboxylic acids is 1. The molecule has 2 rings (SSSR count). The molecule has 1 atom stereocenters. The highest BCUT2D eigenvalue weighted by molar-refractivity contribution is 5.79. The molecule has 0 aromatic rings. The number of ether oxygens (including phenoxy) is 2. The molecule has 110 valence electrons. The molecular formula is C14H25NO4. The van der Waals surface area contributed by atoms with Gasteiger partial charge in [-0.25, -0.2) is 0 Å². The summed E-state index contributed by atoms with van der Waals surface area (Å²) >= 11 is 0. The lowest BCUT2D eigenvalue weighted by Gasteiger charge is -2.46. The standard InChI is InChI=1S/C14H25NO4/c1-12(2,3)19-11(16)13(5-8-18-9-6-13)14(17)4-7-15-10-14/h15,17H,4-10H2,1-3H3. The number of hydrogen-bond donors (Lipinski definition) is 2. The molecule has 0 spiro atoms. The molecule has 0 aliphatic carbocycles. The Morgan fingerprint density at radius 2 is 1.89 bits per heavy atom. The number of nitrogens with one attached hydrogen (secondary N) is 1. The predicted octanol–water partition coefficient (Wildman–Crippen LogP) is 0.849. The van der Waals surface area contributed by atoms with Crippen LogP contribution in [-0.2, 0) is 14.3 Å². The van der Waals surface area contributed by atoms with Crippen molar-refractivity contribution < 1.29 is 19.4 Å². The van der Waals surface area contributed by atoms with Crippen LogP contribution in [0, 0.1) is 5.41 Å². The first-order valence-electron chi connectivity index (χ1n) is 7.03. The first kappa shape index (κ1) is 14.8. The summed E-state index contributed by atoms with van der Waals surface area (Å²) in [6.45, 7) is 7.76. The van der Waals surface area contributed by atoms with E-state index in [2.05, 4.69) is 5.32 Å². The van der Waals surface area contributed by atoms with Crippen LogP contribution in [0.25, 0.3) is 0 Å². The molecule has 2 aliphatic heterocycles.